The van der Waals surface area contributed by atoms with Crippen LogP contribution in [0.5, 0.6) is 0 Å². The van der Waals surface area contributed by atoms with Crippen molar-refractivity contribution in [3.05, 3.63) is 24.3 Å². The Morgan fingerprint density at radius 1 is 0.667 bits per heavy atom. The van der Waals surface area contributed by atoms with Crippen LogP contribution in [0.4, 0.5) is 0 Å². The summed E-state index contributed by atoms with van der Waals surface area (Å²) in [6.07, 6.45) is 1.95. The van der Waals surface area contributed by atoms with Crippen LogP contribution < -0.4 is 0 Å². The van der Waals surface area contributed by atoms with Crippen molar-refractivity contribution in [2.45, 2.75) is 129 Å². The predicted molar refractivity (Wildman–Crippen MR) is 131 cm³/mol. The zero-order valence-corrected chi connectivity index (χ0v) is 23.2. The second kappa shape index (κ2) is 7.95. The van der Waals surface area contributed by atoms with Crippen LogP contribution in [-0.4, -0.2) is 26.6 Å². The molecule has 0 fully saturated rings. The van der Waals surface area contributed by atoms with Crippen molar-refractivity contribution < 1.29 is 4.74 Å². The first-order chi connectivity index (χ1) is 11.7. The van der Waals surface area contributed by atoms with Crippen molar-refractivity contribution in [1.29, 1.82) is 0 Å². The fraction of sp³-hybridized carbons (Fsp3) is 0.833. The third kappa shape index (κ3) is 4.11. The monoisotopic (exact) mass is 410 g/mol. The largest absolute Gasteiger partial charge is 0.367 e. The Morgan fingerprint density at radius 3 is 1.00 bits per heavy atom. The van der Waals surface area contributed by atoms with E-state index in [0.29, 0.717) is 0 Å². The highest BCUT2D eigenvalue weighted by Crippen LogP contribution is 2.55. The van der Waals surface area contributed by atoms with Crippen LogP contribution >= 0.6 is 0 Å². The fourth-order valence-corrected chi connectivity index (χ4v) is 11.9. The molecule has 0 rings (SSSR count). The molecular formula is C24H50OSi2. The van der Waals surface area contributed by atoms with Crippen LogP contribution in [0.15, 0.2) is 24.3 Å². The lowest BCUT2D eigenvalue weighted by molar-refractivity contribution is -0.0486. The van der Waals surface area contributed by atoms with Gasteiger partial charge < -0.3 is 4.74 Å². The minimum Gasteiger partial charge on any atom is -0.367 e. The van der Waals surface area contributed by atoms with Gasteiger partial charge in [0, 0.05) is 0 Å². The second-order valence-corrected chi connectivity index (χ2v) is 22.9. The van der Waals surface area contributed by atoms with E-state index in [0.717, 1.165) is 12.8 Å². The lowest BCUT2D eigenvalue weighted by atomic mass is 10.1. The lowest BCUT2D eigenvalue weighted by Crippen LogP contribution is -2.70. The quantitative estimate of drug-likeness (QED) is 0.287. The smallest absolute Gasteiger partial charge is 0.0960 e. The number of hydrogen-bond acceptors (Lipinski definition) is 1. The Bertz CT molecular complexity index is 510. The molecule has 3 heteroatoms. The van der Waals surface area contributed by atoms with E-state index in [1.54, 1.807) is 0 Å². The molecule has 0 aromatic rings. The molecule has 0 radical (unpaired) electrons. The molecule has 27 heavy (non-hydrogen) atoms. The van der Waals surface area contributed by atoms with E-state index in [1.165, 1.54) is 11.1 Å². The highest BCUT2D eigenvalue weighted by molar-refractivity contribution is 6.85. The number of ether oxygens (including phenoxy) is 1. The molecule has 0 aromatic heterocycles. The first-order valence-corrected chi connectivity index (χ1v) is 16.7. The predicted octanol–water partition coefficient (Wildman–Crippen LogP) is 8.55. The molecular weight excluding hydrogens is 360 g/mol. The van der Waals surface area contributed by atoms with E-state index in [9.17, 15) is 0 Å². The van der Waals surface area contributed by atoms with Crippen LogP contribution in [-0.2, 0) is 4.74 Å². The zero-order valence-electron chi connectivity index (χ0n) is 21.2. The molecule has 0 saturated heterocycles. The summed E-state index contributed by atoms with van der Waals surface area (Å²) in [6, 6.07) is 0. The summed E-state index contributed by atoms with van der Waals surface area (Å²) in [4.78, 5) is 0. The molecule has 1 nitrogen and oxygen atoms in total. The van der Waals surface area contributed by atoms with Gasteiger partial charge in [-0.15, -0.1) is 0 Å². The molecule has 0 aromatic carbocycles. The van der Waals surface area contributed by atoms with Gasteiger partial charge >= 0.3 is 0 Å². The summed E-state index contributed by atoms with van der Waals surface area (Å²) < 4.78 is 7.55. The zero-order chi connectivity index (χ0) is 22.3. The van der Waals surface area contributed by atoms with E-state index >= 15 is 0 Å². The molecule has 0 unspecified atom stereocenters. The summed E-state index contributed by atoms with van der Waals surface area (Å²) in [7, 11) is -3.80. The Morgan fingerprint density at radius 2 is 0.889 bits per heavy atom. The van der Waals surface area contributed by atoms with E-state index in [-0.39, 0.29) is 20.5 Å². The van der Waals surface area contributed by atoms with Crippen molar-refractivity contribution in [1.82, 2.24) is 0 Å². The van der Waals surface area contributed by atoms with E-state index < -0.39 is 16.1 Å². The molecule has 0 N–H and O–H groups in total. The highest BCUT2D eigenvalue weighted by atomic mass is 28.3. The standard InChI is InChI=1S/C24H50OSi2/c1-17-23(19(3)4,26(13,14)21(7,8)9)25-24(18-2,20(5)6)27(15,16)22(10,11)12/h3,5,17-18H2,1-2,4,6-16H3/t23-,24-/m1/s1. The van der Waals surface area contributed by atoms with Crippen LogP contribution in [0, 0.1) is 0 Å². The minimum absolute atomic E-state index is 0.212. The van der Waals surface area contributed by atoms with Gasteiger partial charge in [0.25, 0.3) is 0 Å². The average molecular weight is 411 g/mol. The summed E-state index contributed by atoms with van der Waals surface area (Å²) in [6.45, 7) is 42.2. The van der Waals surface area contributed by atoms with Crippen LogP contribution in [0.3, 0.4) is 0 Å². The normalized spacial score (nSPS) is 18.6. The topological polar surface area (TPSA) is 9.23 Å². The van der Waals surface area contributed by atoms with Gasteiger partial charge in [-0.05, 0) is 36.8 Å². The van der Waals surface area contributed by atoms with Gasteiger partial charge in [-0.1, -0.05) is 106 Å². The molecule has 0 aliphatic heterocycles. The summed E-state index contributed by atoms with van der Waals surface area (Å²) >= 11 is 0. The van der Waals surface area contributed by atoms with Crippen molar-refractivity contribution in [3.63, 3.8) is 0 Å². The second-order valence-electron chi connectivity index (χ2n) is 11.8. The van der Waals surface area contributed by atoms with Gasteiger partial charge in [0.2, 0.25) is 0 Å². The SMILES string of the molecule is C=C(C)[C@](CC)(O[C@@](CC)(C(=C)C)[Si](C)(C)C(C)(C)C)[Si](C)(C)C(C)(C)C. The van der Waals surface area contributed by atoms with Crippen LogP contribution in [0.25, 0.3) is 0 Å². The molecule has 0 heterocycles. The van der Waals surface area contributed by atoms with Crippen molar-refractivity contribution >= 4 is 16.1 Å². The summed E-state index contributed by atoms with van der Waals surface area (Å²) in [5.41, 5.74) is 2.38. The maximum Gasteiger partial charge on any atom is 0.0960 e. The Labute approximate surface area is 174 Å². The Balaban J connectivity index is 6.99. The molecule has 0 amide bonds. The molecule has 160 valence electrons. The highest BCUT2D eigenvalue weighted by Gasteiger charge is 2.61. The Hall–Kier alpha value is -0.126. The minimum atomic E-state index is -1.90. The van der Waals surface area contributed by atoms with Gasteiger partial charge in [-0.3, -0.25) is 0 Å². The number of hydrogen-bond donors (Lipinski definition) is 0. The van der Waals surface area contributed by atoms with Crippen molar-refractivity contribution in [2.24, 2.45) is 0 Å². The molecule has 0 spiro atoms. The van der Waals surface area contributed by atoms with Gasteiger partial charge in [-0.2, -0.15) is 0 Å². The van der Waals surface area contributed by atoms with Crippen molar-refractivity contribution in [3.8, 4) is 0 Å². The third-order valence-corrected chi connectivity index (χ3v) is 21.8. The van der Waals surface area contributed by atoms with Gasteiger partial charge in [-0.25, -0.2) is 0 Å². The van der Waals surface area contributed by atoms with E-state index in [4.69, 9.17) is 4.74 Å². The molecule has 2 atom stereocenters. The average Bonchev–Trinajstić information content (AvgIpc) is 2.45. The molecule has 0 aliphatic rings. The first kappa shape index (κ1) is 26.9. The van der Waals surface area contributed by atoms with Crippen molar-refractivity contribution in [2.75, 3.05) is 0 Å². The first-order valence-electron chi connectivity index (χ1n) is 10.7. The molecule has 0 bridgehead atoms. The van der Waals surface area contributed by atoms with Gasteiger partial charge in [0.15, 0.2) is 0 Å². The van der Waals surface area contributed by atoms with E-state index in [2.05, 4.69) is 109 Å². The van der Waals surface area contributed by atoms with E-state index in [1.807, 2.05) is 0 Å². The maximum absolute atomic E-state index is 7.55. The van der Waals surface area contributed by atoms with Gasteiger partial charge in [0.05, 0.1) is 26.6 Å². The van der Waals surface area contributed by atoms with Crippen LogP contribution in [0.2, 0.25) is 36.3 Å². The third-order valence-electron chi connectivity index (χ3n) is 8.49. The summed E-state index contributed by atoms with van der Waals surface area (Å²) in [5, 5.41) is -0.112. The van der Waals surface area contributed by atoms with Gasteiger partial charge in [0.1, 0.15) is 0 Å². The Kier molecular flexibility index (Phi) is 7.91. The molecule has 0 aliphatic carbocycles. The fourth-order valence-electron chi connectivity index (χ4n) is 4.64. The lowest BCUT2D eigenvalue weighted by Gasteiger charge is -2.61. The summed E-state index contributed by atoms with van der Waals surface area (Å²) in [5.74, 6) is 0. The molecule has 0 saturated carbocycles. The number of rotatable bonds is 8. The van der Waals surface area contributed by atoms with Crippen LogP contribution in [0.1, 0.15) is 82.1 Å². The maximum atomic E-state index is 7.55.